The molecule has 5 aliphatic rings. The van der Waals surface area contributed by atoms with Gasteiger partial charge >= 0.3 is 31.3 Å². The van der Waals surface area contributed by atoms with E-state index in [-0.39, 0.29) is 50.9 Å². The van der Waals surface area contributed by atoms with Gasteiger partial charge in [0.05, 0.1) is 65.2 Å². The molecule has 4 fully saturated rings. The molecule has 2 amide bonds. The van der Waals surface area contributed by atoms with Gasteiger partial charge in [0.2, 0.25) is 0 Å². The third-order valence-electron chi connectivity index (χ3n) is 9.50. The summed E-state index contributed by atoms with van der Waals surface area (Å²) in [4.78, 5) is 66.5. The highest BCUT2D eigenvalue weighted by Crippen LogP contribution is 2.62. The smallest absolute Gasteiger partial charge is 0.377 e. The molecule has 6 N–H and O–H groups in total. The number of amides is 2. The summed E-state index contributed by atoms with van der Waals surface area (Å²) in [6, 6.07) is 0. The molecule has 0 radical (unpaired) electrons. The summed E-state index contributed by atoms with van der Waals surface area (Å²) >= 11 is 0. The van der Waals surface area contributed by atoms with Gasteiger partial charge in [-0.2, -0.15) is 8.62 Å². The molecule has 66 heavy (non-hydrogen) atoms. The van der Waals surface area contributed by atoms with Gasteiger partial charge in [-0.25, -0.2) is 27.6 Å². The molecular formula is C30H48N8O24P4. The summed E-state index contributed by atoms with van der Waals surface area (Å²) in [5, 5.41) is 20.6. The molecule has 5 aliphatic heterocycles. The van der Waals surface area contributed by atoms with Gasteiger partial charge in [-0.05, 0) is 27.7 Å². The lowest BCUT2D eigenvalue weighted by Gasteiger charge is -2.24. The fraction of sp³-hybridized carbons (Fsp3) is 0.800. The van der Waals surface area contributed by atoms with Gasteiger partial charge in [-0.1, -0.05) is 10.4 Å². The number of carbonyl (C=O) groups excluding carboxylic acids is 2. The fourth-order valence-electron chi connectivity index (χ4n) is 6.99. The van der Waals surface area contributed by atoms with Gasteiger partial charge in [-0.3, -0.25) is 27.7 Å². The Hall–Kier alpha value is -2.58. The third kappa shape index (κ3) is 13.4. The van der Waals surface area contributed by atoms with Crippen LogP contribution < -0.4 is 10.6 Å². The van der Waals surface area contributed by atoms with Gasteiger partial charge in [-0.15, -0.1) is 10.2 Å². The molecule has 7 heterocycles. The molecule has 12 atom stereocenters. The van der Waals surface area contributed by atoms with Crippen molar-refractivity contribution in [2.24, 2.45) is 0 Å². The van der Waals surface area contributed by atoms with E-state index in [2.05, 4.69) is 39.9 Å². The first-order chi connectivity index (χ1) is 30.9. The van der Waals surface area contributed by atoms with Gasteiger partial charge in [0.25, 0.3) is 11.8 Å². The highest BCUT2D eigenvalue weighted by molar-refractivity contribution is 7.61. The normalized spacial score (nSPS) is 40.3. The average molecular weight is 1030 g/mol. The van der Waals surface area contributed by atoms with Crippen molar-refractivity contribution in [2.45, 2.75) is 88.3 Å². The highest BCUT2D eigenvalue weighted by Gasteiger charge is 2.58. The van der Waals surface area contributed by atoms with Crippen LogP contribution in [0.5, 0.6) is 0 Å². The SMILES string of the molecule is CC1(C)O[C@@H]2[C@H](O1)[C@H]1COP(=O)(O)OP(=O)(O)OCCOCCNC(=O)c3cn(nn3)[C@@H]3O[C@H](COP(=O)(O)OP(=O)(O)OCCOCCNC(=O)c4cn(nn4)[C@@H]2O1)[C@H]1OC(C)(C)O[C@H]13. The van der Waals surface area contributed by atoms with Crippen molar-refractivity contribution in [3.8, 4) is 0 Å². The fourth-order valence-corrected chi connectivity index (χ4v) is 11.1. The molecule has 2 aromatic heterocycles. The maximum atomic E-state index is 12.8. The summed E-state index contributed by atoms with van der Waals surface area (Å²) < 4.78 is 127. The molecule has 8 bridgehead atoms. The molecule has 0 spiro atoms. The van der Waals surface area contributed by atoms with E-state index in [9.17, 15) is 47.4 Å². The molecular weight excluding hydrogens is 980 g/mol. The van der Waals surface area contributed by atoms with Crippen LogP contribution in [0.3, 0.4) is 0 Å². The van der Waals surface area contributed by atoms with Crippen molar-refractivity contribution in [3.63, 3.8) is 0 Å². The lowest BCUT2D eigenvalue weighted by atomic mass is 10.1. The number of ether oxygens (including phenoxy) is 8. The number of phosphoric acid groups is 4. The molecule has 372 valence electrons. The zero-order valence-electron chi connectivity index (χ0n) is 35.3. The standard InChI is InChI=1S/C30H48N8O24P4/c1-29(2)57-21-19-15-53-65(45,46)61-63(41,42)51-11-9-50-8-6-32-26(40)18-14-38(36-34-18)28-24-22(58-30(3,4)60-24)20(56-28)16-54-66(47,48)62-64(43,44)52-12-10-49-7-5-31-25(39)17-13-37(35-33-17)27(55-19)23(21)59-29/h13-14,19-24,27-28H,5-12,15-16H2,1-4H3,(H,31,39)(H,32,40)(H,41,42)(H,43,44)(H,45,46)(H,47,48)/t19-,20-,21-,22-,23-,24-,27-,28-/m1/s1. The lowest BCUT2D eigenvalue weighted by Crippen LogP contribution is -2.32. The van der Waals surface area contributed by atoms with E-state index < -0.39 is 130 Å². The van der Waals surface area contributed by atoms with Crippen molar-refractivity contribution in [2.75, 3.05) is 65.9 Å². The number of fused-ring (bicyclic) bond motifs is 16. The predicted molar refractivity (Wildman–Crippen MR) is 207 cm³/mol. The third-order valence-corrected chi connectivity index (χ3v) is 14.8. The second kappa shape index (κ2) is 20.4. The molecule has 4 saturated heterocycles. The molecule has 4 unspecified atom stereocenters. The largest absolute Gasteiger partial charge is 0.481 e. The van der Waals surface area contributed by atoms with Crippen molar-refractivity contribution in [1.29, 1.82) is 0 Å². The Bertz CT molecular complexity index is 2100. The number of hydrogen-bond acceptors (Lipinski definition) is 24. The Labute approximate surface area is 373 Å². The molecule has 0 aromatic carbocycles. The number of hydrogen-bond donors (Lipinski definition) is 6. The topological polar surface area (TPSA) is 398 Å². The number of carbonyl (C=O) groups is 2. The zero-order valence-corrected chi connectivity index (χ0v) is 38.8. The highest BCUT2D eigenvalue weighted by atomic mass is 31.3. The first-order valence-corrected chi connectivity index (χ1v) is 25.8. The van der Waals surface area contributed by atoms with E-state index in [1.165, 1.54) is 12.4 Å². The molecule has 36 heteroatoms. The minimum absolute atomic E-state index is 0.0952. The Morgan fingerprint density at radius 2 is 0.924 bits per heavy atom. The molecule has 7 rings (SSSR count). The number of nitrogens with one attached hydrogen (secondary N) is 2. The van der Waals surface area contributed by atoms with Gasteiger partial charge in [0.15, 0.2) is 35.4 Å². The monoisotopic (exact) mass is 1030 g/mol. The summed E-state index contributed by atoms with van der Waals surface area (Å²) in [5.41, 5.74) is -0.353. The Kier molecular flexibility index (Phi) is 15.9. The van der Waals surface area contributed by atoms with Crippen molar-refractivity contribution >= 4 is 43.1 Å². The maximum Gasteiger partial charge on any atom is 0.481 e. The van der Waals surface area contributed by atoms with Crippen LogP contribution in [0.2, 0.25) is 0 Å². The summed E-state index contributed by atoms with van der Waals surface area (Å²) in [6.45, 7) is 2.60. The first kappa shape index (κ1) is 51.3. The Morgan fingerprint density at radius 1 is 0.561 bits per heavy atom. The average Bonchev–Trinajstić information content (AvgIpc) is 4.06. The van der Waals surface area contributed by atoms with Crippen LogP contribution in [0.15, 0.2) is 12.4 Å². The van der Waals surface area contributed by atoms with Crippen LogP contribution in [0.4, 0.5) is 0 Å². The van der Waals surface area contributed by atoms with E-state index >= 15 is 0 Å². The van der Waals surface area contributed by atoms with Crippen LogP contribution in [-0.4, -0.2) is 176 Å². The van der Waals surface area contributed by atoms with Crippen LogP contribution in [0, 0.1) is 0 Å². The van der Waals surface area contributed by atoms with E-state index in [0.717, 1.165) is 9.36 Å². The number of rotatable bonds is 0. The van der Waals surface area contributed by atoms with Crippen molar-refractivity contribution in [3.05, 3.63) is 23.8 Å². The Balaban J connectivity index is 0.985. The van der Waals surface area contributed by atoms with Gasteiger partial charge < -0.3 is 68.1 Å². The Morgan fingerprint density at radius 3 is 1.32 bits per heavy atom. The molecule has 2 aromatic rings. The van der Waals surface area contributed by atoms with Crippen LogP contribution >= 0.6 is 31.3 Å². The number of aromatic nitrogens is 6. The lowest BCUT2D eigenvalue weighted by molar-refractivity contribution is -0.201. The first-order valence-electron chi connectivity index (χ1n) is 19.8. The number of phosphoric ester groups is 4. The predicted octanol–water partition coefficient (Wildman–Crippen LogP) is -0.588. The minimum atomic E-state index is -5.29. The van der Waals surface area contributed by atoms with Crippen LogP contribution in [0.1, 0.15) is 61.1 Å². The molecule has 32 nitrogen and oxygen atoms in total. The molecule has 0 aliphatic carbocycles. The van der Waals surface area contributed by atoms with E-state index in [1.54, 1.807) is 27.7 Å². The number of nitrogens with zero attached hydrogens (tertiary/aromatic N) is 6. The minimum Gasteiger partial charge on any atom is -0.377 e. The summed E-state index contributed by atoms with van der Waals surface area (Å²) in [7, 11) is -21.0. The molecule has 0 saturated carbocycles. The van der Waals surface area contributed by atoms with Crippen molar-refractivity contribution in [1.82, 2.24) is 40.6 Å². The summed E-state index contributed by atoms with van der Waals surface area (Å²) in [5.74, 6) is -3.75. The maximum absolute atomic E-state index is 12.8. The van der Waals surface area contributed by atoms with E-state index in [4.69, 9.17) is 56.0 Å². The van der Waals surface area contributed by atoms with E-state index in [0.29, 0.717) is 0 Å². The zero-order chi connectivity index (χ0) is 47.7. The summed E-state index contributed by atoms with van der Waals surface area (Å²) in [6.07, 6.45) is -5.76. The van der Waals surface area contributed by atoms with Gasteiger partial charge in [0.1, 0.15) is 36.6 Å². The second-order valence-corrected chi connectivity index (χ2v) is 21.5. The van der Waals surface area contributed by atoms with Gasteiger partial charge in [0, 0.05) is 13.1 Å². The second-order valence-electron chi connectivity index (χ2n) is 15.5. The van der Waals surface area contributed by atoms with Crippen LogP contribution in [-0.2, 0) is 82.9 Å². The van der Waals surface area contributed by atoms with E-state index in [1.807, 2.05) is 0 Å². The van der Waals surface area contributed by atoms with Crippen LogP contribution in [0.25, 0.3) is 0 Å². The van der Waals surface area contributed by atoms with Crippen molar-refractivity contribution < 1.29 is 112 Å². The quantitative estimate of drug-likeness (QED) is 0.180.